The van der Waals surface area contributed by atoms with Crippen molar-refractivity contribution in [1.82, 2.24) is 30.8 Å². The Morgan fingerprint density at radius 1 is 0.700 bits per heavy atom. The van der Waals surface area contributed by atoms with Gasteiger partial charge in [-0.2, -0.15) is 0 Å². The van der Waals surface area contributed by atoms with Crippen molar-refractivity contribution in [3.05, 3.63) is 130 Å². The first-order valence-electron chi connectivity index (χ1n) is 13.8. The zero-order valence-corrected chi connectivity index (χ0v) is 23.6. The summed E-state index contributed by atoms with van der Waals surface area (Å²) < 4.78 is 0. The Kier molecular flexibility index (Phi) is 12.5. The van der Waals surface area contributed by atoms with Crippen LogP contribution < -0.4 is 16.0 Å². The molecule has 2 heterocycles. The van der Waals surface area contributed by atoms with Crippen LogP contribution in [0.2, 0.25) is 5.02 Å². The van der Waals surface area contributed by atoms with Crippen LogP contribution in [0.15, 0.2) is 97.3 Å². The summed E-state index contributed by atoms with van der Waals surface area (Å²) >= 11 is 6.04. The van der Waals surface area contributed by atoms with Crippen molar-refractivity contribution in [2.75, 3.05) is 32.7 Å². The Labute approximate surface area is 242 Å². The molecule has 2 aromatic heterocycles. The van der Waals surface area contributed by atoms with Gasteiger partial charge in [0.1, 0.15) is 0 Å². The van der Waals surface area contributed by atoms with Crippen molar-refractivity contribution in [3.63, 3.8) is 0 Å². The molecule has 0 saturated heterocycles. The van der Waals surface area contributed by atoms with Gasteiger partial charge in [0, 0.05) is 76.3 Å². The summed E-state index contributed by atoms with van der Waals surface area (Å²) in [7, 11) is 0. The Hall–Kier alpha value is -3.17. The number of aliphatic hydroxyl groups excluding tert-OH is 1. The molecule has 0 bridgehead atoms. The smallest absolute Gasteiger partial charge is 0.0915 e. The molecule has 0 amide bonds. The minimum absolute atomic E-state index is 0.465. The Morgan fingerprint density at radius 2 is 1.32 bits per heavy atom. The third-order valence-electron chi connectivity index (χ3n) is 6.60. The van der Waals surface area contributed by atoms with E-state index in [4.69, 9.17) is 11.6 Å². The first kappa shape index (κ1) is 29.8. The second kappa shape index (κ2) is 16.8. The molecule has 0 saturated carbocycles. The summed E-state index contributed by atoms with van der Waals surface area (Å²) in [6.07, 6.45) is 3.07. The van der Waals surface area contributed by atoms with Crippen LogP contribution in [0.4, 0.5) is 0 Å². The van der Waals surface area contributed by atoms with Gasteiger partial charge in [0.05, 0.1) is 17.5 Å². The van der Waals surface area contributed by atoms with Crippen LogP contribution in [0, 0.1) is 0 Å². The van der Waals surface area contributed by atoms with Gasteiger partial charge in [0.2, 0.25) is 0 Å². The standard InChI is InChI=1S/C32H39ClN6O/c33-29-7-5-6-28(20-29)32(40)24-36-21-26-10-12-27(13-11-26)25-39(18-16-34-22-30-8-1-3-14-37-30)19-17-35-23-31-9-2-4-15-38-31/h1-15,20,32,34-36,40H,16-19,21-25H2. The van der Waals surface area contributed by atoms with E-state index < -0.39 is 6.10 Å². The number of halogens is 1. The van der Waals surface area contributed by atoms with Gasteiger partial charge in [-0.25, -0.2) is 0 Å². The average Bonchev–Trinajstić information content (AvgIpc) is 2.99. The Balaban J connectivity index is 1.23. The number of benzene rings is 2. The molecule has 0 aliphatic rings. The fraction of sp³-hybridized carbons (Fsp3) is 0.312. The maximum absolute atomic E-state index is 10.4. The first-order valence-corrected chi connectivity index (χ1v) is 14.2. The summed E-state index contributed by atoms with van der Waals surface area (Å²) in [5.74, 6) is 0. The van der Waals surface area contributed by atoms with E-state index in [1.54, 1.807) is 6.07 Å². The van der Waals surface area contributed by atoms with Gasteiger partial charge < -0.3 is 21.1 Å². The minimum Gasteiger partial charge on any atom is -0.387 e. The lowest BCUT2D eigenvalue weighted by Crippen LogP contribution is -2.36. The maximum atomic E-state index is 10.4. The summed E-state index contributed by atoms with van der Waals surface area (Å²) in [6, 6.07) is 28.1. The number of nitrogens with one attached hydrogen (secondary N) is 3. The van der Waals surface area contributed by atoms with Gasteiger partial charge in [-0.3, -0.25) is 14.9 Å². The van der Waals surface area contributed by atoms with Crippen LogP contribution in [-0.4, -0.2) is 52.7 Å². The lowest BCUT2D eigenvalue weighted by molar-refractivity contribution is 0.174. The van der Waals surface area contributed by atoms with Crippen molar-refractivity contribution >= 4 is 11.6 Å². The van der Waals surface area contributed by atoms with E-state index in [0.29, 0.717) is 18.1 Å². The van der Waals surface area contributed by atoms with Crippen molar-refractivity contribution < 1.29 is 5.11 Å². The SMILES string of the molecule is OC(CNCc1ccc(CN(CCNCc2ccccn2)CCNCc2ccccn2)cc1)c1cccc(Cl)c1. The molecule has 8 heteroatoms. The van der Waals surface area contributed by atoms with Gasteiger partial charge in [0.25, 0.3) is 0 Å². The van der Waals surface area contributed by atoms with Crippen LogP contribution in [0.1, 0.15) is 34.2 Å². The molecule has 1 unspecified atom stereocenters. The number of aromatic nitrogens is 2. The number of hydrogen-bond donors (Lipinski definition) is 4. The highest BCUT2D eigenvalue weighted by Gasteiger charge is 2.09. The number of hydrogen-bond acceptors (Lipinski definition) is 7. The van der Waals surface area contributed by atoms with Crippen molar-refractivity contribution in [2.45, 2.75) is 32.3 Å². The molecule has 4 N–H and O–H groups in total. The van der Waals surface area contributed by atoms with E-state index in [0.717, 1.165) is 62.8 Å². The predicted molar refractivity (Wildman–Crippen MR) is 162 cm³/mol. The maximum Gasteiger partial charge on any atom is 0.0915 e. The second-order valence-electron chi connectivity index (χ2n) is 9.79. The van der Waals surface area contributed by atoms with Gasteiger partial charge >= 0.3 is 0 Å². The number of aliphatic hydroxyl groups is 1. The highest BCUT2D eigenvalue weighted by atomic mass is 35.5. The molecule has 4 aromatic rings. The quantitative estimate of drug-likeness (QED) is 0.143. The third kappa shape index (κ3) is 10.8. The Bertz CT molecular complexity index is 1200. The van der Waals surface area contributed by atoms with E-state index in [9.17, 15) is 5.11 Å². The zero-order valence-electron chi connectivity index (χ0n) is 22.8. The molecular weight excluding hydrogens is 520 g/mol. The van der Waals surface area contributed by atoms with E-state index in [2.05, 4.69) is 55.1 Å². The van der Waals surface area contributed by atoms with Crippen LogP contribution in [0.5, 0.6) is 0 Å². The third-order valence-corrected chi connectivity index (χ3v) is 6.84. The van der Waals surface area contributed by atoms with Crippen LogP contribution in [0.3, 0.4) is 0 Å². The molecule has 0 aliphatic carbocycles. The van der Waals surface area contributed by atoms with Crippen molar-refractivity contribution in [2.24, 2.45) is 0 Å². The molecule has 0 aliphatic heterocycles. The number of nitrogens with zero attached hydrogens (tertiary/aromatic N) is 3. The highest BCUT2D eigenvalue weighted by molar-refractivity contribution is 6.30. The summed E-state index contributed by atoms with van der Waals surface area (Å²) in [6.45, 7) is 7.19. The summed E-state index contributed by atoms with van der Waals surface area (Å²) in [5, 5.41) is 21.4. The molecule has 0 spiro atoms. The number of rotatable bonds is 17. The topological polar surface area (TPSA) is 85.3 Å². The molecule has 0 fully saturated rings. The molecular formula is C32H39ClN6O. The fourth-order valence-corrected chi connectivity index (χ4v) is 4.59. The molecule has 210 valence electrons. The minimum atomic E-state index is -0.593. The normalized spacial score (nSPS) is 12.1. The van der Waals surface area contributed by atoms with E-state index in [1.165, 1.54) is 11.1 Å². The zero-order chi connectivity index (χ0) is 27.8. The molecule has 4 rings (SSSR count). The van der Waals surface area contributed by atoms with E-state index in [-0.39, 0.29) is 0 Å². The van der Waals surface area contributed by atoms with Gasteiger partial charge in [-0.1, -0.05) is 60.1 Å². The van der Waals surface area contributed by atoms with Gasteiger partial charge in [-0.15, -0.1) is 0 Å². The number of pyridine rings is 2. The molecule has 7 nitrogen and oxygen atoms in total. The first-order chi connectivity index (χ1) is 19.7. The monoisotopic (exact) mass is 558 g/mol. The lowest BCUT2D eigenvalue weighted by atomic mass is 10.1. The Morgan fingerprint density at radius 3 is 1.90 bits per heavy atom. The van der Waals surface area contributed by atoms with Gasteiger partial charge in [-0.05, 0) is 53.1 Å². The van der Waals surface area contributed by atoms with Crippen molar-refractivity contribution in [3.8, 4) is 0 Å². The largest absolute Gasteiger partial charge is 0.387 e. The van der Waals surface area contributed by atoms with Crippen molar-refractivity contribution in [1.29, 1.82) is 0 Å². The van der Waals surface area contributed by atoms with E-state index in [1.807, 2.05) is 67.0 Å². The van der Waals surface area contributed by atoms with Crippen LogP contribution >= 0.6 is 11.6 Å². The summed E-state index contributed by atoms with van der Waals surface area (Å²) in [5.41, 5.74) is 5.38. The highest BCUT2D eigenvalue weighted by Crippen LogP contribution is 2.17. The molecule has 1 atom stereocenters. The molecule has 40 heavy (non-hydrogen) atoms. The fourth-order valence-electron chi connectivity index (χ4n) is 4.39. The predicted octanol–water partition coefficient (Wildman–Crippen LogP) is 4.33. The molecule has 2 aromatic carbocycles. The average molecular weight is 559 g/mol. The van der Waals surface area contributed by atoms with E-state index >= 15 is 0 Å². The lowest BCUT2D eigenvalue weighted by Gasteiger charge is -2.23. The van der Waals surface area contributed by atoms with Gasteiger partial charge in [0.15, 0.2) is 0 Å². The summed E-state index contributed by atoms with van der Waals surface area (Å²) in [4.78, 5) is 11.3. The second-order valence-corrected chi connectivity index (χ2v) is 10.2. The van der Waals surface area contributed by atoms with Crippen LogP contribution in [-0.2, 0) is 26.2 Å². The van der Waals surface area contributed by atoms with Crippen LogP contribution in [0.25, 0.3) is 0 Å². The molecule has 0 radical (unpaired) electrons.